The molecule has 0 heterocycles. The van der Waals surface area contributed by atoms with Crippen molar-refractivity contribution in [3.05, 3.63) is 72.3 Å². The number of carbonyl (C=O) groups is 2. The Hall–Kier alpha value is -3.85. The molecule has 9 heteroatoms. The Morgan fingerprint density at radius 2 is 1.77 bits per heavy atom. The third-order valence-electron chi connectivity index (χ3n) is 3.85. The fourth-order valence-electron chi connectivity index (χ4n) is 2.42. The maximum atomic E-state index is 12.4. The maximum Gasteiger partial charge on any atom is 0.273 e. The summed E-state index contributed by atoms with van der Waals surface area (Å²) >= 11 is 5.03. The van der Waals surface area contributed by atoms with Gasteiger partial charge >= 0.3 is 0 Å². The van der Waals surface area contributed by atoms with Gasteiger partial charge in [0.2, 0.25) is 5.91 Å². The fourth-order valence-corrected chi connectivity index (χ4v) is 2.57. The molecule has 0 bridgehead atoms. The average molecular weight is 442 g/mol. The minimum atomic E-state index is -0.476. The van der Waals surface area contributed by atoms with Crippen molar-refractivity contribution >= 4 is 35.2 Å². The summed E-state index contributed by atoms with van der Waals surface area (Å²) in [6.07, 6.45) is 4.47. The van der Waals surface area contributed by atoms with Crippen molar-refractivity contribution in [2.24, 2.45) is 0 Å². The number of hydrogen-bond donors (Lipinski definition) is 3. The van der Waals surface area contributed by atoms with Crippen molar-refractivity contribution in [1.29, 1.82) is 0 Å². The monoisotopic (exact) mass is 441 g/mol. The number of nitrogens with one attached hydrogen (secondary N) is 3. The lowest BCUT2D eigenvalue weighted by Gasteiger charge is -2.12. The molecule has 0 aliphatic carbocycles. The van der Waals surface area contributed by atoms with Crippen molar-refractivity contribution in [3.63, 3.8) is 0 Å². The number of hydrogen-bond acceptors (Lipinski definition) is 6. The van der Waals surface area contributed by atoms with E-state index in [-0.39, 0.29) is 11.7 Å². The predicted octanol–water partition coefficient (Wildman–Crippen LogP) is 2.62. The molecular formula is C22H23N3O5S. The third kappa shape index (κ3) is 7.16. The Balaban J connectivity index is 1.89. The second kappa shape index (κ2) is 12.0. The zero-order valence-corrected chi connectivity index (χ0v) is 18.0. The summed E-state index contributed by atoms with van der Waals surface area (Å²) in [5.74, 6) is 0.576. The quantitative estimate of drug-likeness (QED) is 0.251. The molecule has 0 fully saturated rings. The van der Waals surface area contributed by atoms with E-state index in [9.17, 15) is 9.59 Å². The van der Waals surface area contributed by atoms with Crippen LogP contribution in [-0.2, 0) is 4.79 Å². The van der Waals surface area contributed by atoms with E-state index in [1.54, 1.807) is 61.7 Å². The molecule has 0 saturated heterocycles. The van der Waals surface area contributed by atoms with Crippen LogP contribution in [0.15, 0.2) is 61.2 Å². The van der Waals surface area contributed by atoms with Crippen molar-refractivity contribution in [1.82, 2.24) is 16.2 Å². The topological polar surface area (TPSA) is 97.9 Å². The van der Waals surface area contributed by atoms with Gasteiger partial charge in [0, 0.05) is 6.08 Å². The number of rotatable bonds is 8. The molecule has 31 heavy (non-hydrogen) atoms. The summed E-state index contributed by atoms with van der Waals surface area (Å²) in [5, 5.41) is 2.37. The first-order chi connectivity index (χ1) is 15.0. The lowest BCUT2D eigenvalue weighted by molar-refractivity contribution is -0.115. The van der Waals surface area contributed by atoms with E-state index >= 15 is 0 Å². The van der Waals surface area contributed by atoms with Crippen LogP contribution in [0.4, 0.5) is 0 Å². The van der Waals surface area contributed by atoms with Crippen LogP contribution in [0, 0.1) is 0 Å². The highest BCUT2D eigenvalue weighted by atomic mass is 32.1. The van der Waals surface area contributed by atoms with Crippen LogP contribution >= 0.6 is 12.2 Å². The summed E-state index contributed by atoms with van der Waals surface area (Å²) < 4.78 is 15.8. The Labute approximate surface area is 185 Å². The van der Waals surface area contributed by atoms with Gasteiger partial charge in [-0.1, -0.05) is 30.9 Å². The second-order valence-electron chi connectivity index (χ2n) is 5.94. The SMILES string of the molecule is C=CCOc1ccccc1C(=O)NNC(=S)NC(=O)C=Cc1ccc(OC)c(OC)c1. The van der Waals surface area contributed by atoms with E-state index in [1.807, 2.05) is 0 Å². The number of amides is 2. The van der Waals surface area contributed by atoms with Gasteiger partial charge in [-0.25, -0.2) is 0 Å². The second-order valence-corrected chi connectivity index (χ2v) is 6.35. The van der Waals surface area contributed by atoms with Gasteiger partial charge in [-0.3, -0.25) is 25.8 Å². The predicted molar refractivity (Wildman–Crippen MR) is 122 cm³/mol. The largest absolute Gasteiger partial charge is 0.493 e. The lowest BCUT2D eigenvalue weighted by atomic mass is 10.2. The van der Waals surface area contributed by atoms with E-state index in [4.69, 9.17) is 26.4 Å². The molecule has 0 radical (unpaired) electrons. The Morgan fingerprint density at radius 1 is 1.03 bits per heavy atom. The van der Waals surface area contributed by atoms with E-state index < -0.39 is 11.8 Å². The third-order valence-corrected chi connectivity index (χ3v) is 4.05. The normalized spacial score (nSPS) is 10.1. The molecular weight excluding hydrogens is 418 g/mol. The highest BCUT2D eigenvalue weighted by Crippen LogP contribution is 2.27. The molecule has 2 rings (SSSR count). The Morgan fingerprint density at radius 3 is 2.48 bits per heavy atom. The average Bonchev–Trinajstić information content (AvgIpc) is 2.79. The zero-order valence-electron chi connectivity index (χ0n) is 17.1. The number of hydrazine groups is 1. The van der Waals surface area contributed by atoms with Crippen molar-refractivity contribution in [2.75, 3.05) is 20.8 Å². The lowest BCUT2D eigenvalue weighted by Crippen LogP contribution is -2.48. The van der Waals surface area contributed by atoms with Gasteiger partial charge < -0.3 is 14.2 Å². The maximum absolute atomic E-state index is 12.4. The Bertz CT molecular complexity index is 991. The molecule has 3 N–H and O–H groups in total. The first-order valence-electron chi connectivity index (χ1n) is 9.12. The van der Waals surface area contributed by atoms with Crippen molar-refractivity contribution in [2.45, 2.75) is 0 Å². The molecule has 2 aromatic rings. The molecule has 2 aromatic carbocycles. The van der Waals surface area contributed by atoms with Crippen LogP contribution in [0.3, 0.4) is 0 Å². The smallest absolute Gasteiger partial charge is 0.273 e. The molecule has 162 valence electrons. The summed E-state index contributed by atoms with van der Waals surface area (Å²) in [4.78, 5) is 24.4. The molecule has 2 amide bonds. The number of ether oxygens (including phenoxy) is 3. The molecule has 0 atom stereocenters. The highest BCUT2D eigenvalue weighted by Gasteiger charge is 2.12. The van der Waals surface area contributed by atoms with Crippen LogP contribution < -0.4 is 30.4 Å². The molecule has 0 unspecified atom stereocenters. The van der Waals surface area contributed by atoms with Crippen LogP contribution in [0.25, 0.3) is 6.08 Å². The first kappa shape index (κ1) is 23.4. The first-order valence-corrected chi connectivity index (χ1v) is 9.53. The minimum Gasteiger partial charge on any atom is -0.493 e. The van der Waals surface area contributed by atoms with Gasteiger partial charge in [0.05, 0.1) is 19.8 Å². The number of benzene rings is 2. The van der Waals surface area contributed by atoms with Crippen LogP contribution in [-0.4, -0.2) is 37.8 Å². The van der Waals surface area contributed by atoms with E-state index in [0.29, 0.717) is 22.8 Å². The molecule has 0 aliphatic heterocycles. The highest BCUT2D eigenvalue weighted by molar-refractivity contribution is 7.80. The van der Waals surface area contributed by atoms with Gasteiger partial charge in [-0.05, 0) is 48.1 Å². The number of para-hydroxylation sites is 1. The van der Waals surface area contributed by atoms with Crippen LogP contribution in [0.1, 0.15) is 15.9 Å². The summed E-state index contributed by atoms with van der Waals surface area (Å²) in [5.41, 5.74) is 5.94. The van der Waals surface area contributed by atoms with E-state index in [0.717, 1.165) is 5.56 Å². The van der Waals surface area contributed by atoms with Crippen molar-refractivity contribution in [3.8, 4) is 17.2 Å². The minimum absolute atomic E-state index is 0.0696. The molecule has 0 saturated carbocycles. The van der Waals surface area contributed by atoms with Crippen molar-refractivity contribution < 1.29 is 23.8 Å². The molecule has 0 aliphatic rings. The van der Waals surface area contributed by atoms with Crippen LogP contribution in [0.2, 0.25) is 0 Å². The number of thiocarbonyl (C=S) groups is 1. The standard InChI is InChI=1S/C22H23N3O5S/c1-4-13-30-17-8-6-5-7-16(17)21(27)24-25-22(31)23-20(26)12-10-15-9-11-18(28-2)19(14-15)29-3/h4-12,14H,1,13H2,2-3H3,(H,24,27)(H2,23,25,26,31). The van der Waals surface area contributed by atoms with Gasteiger partial charge in [0.15, 0.2) is 16.6 Å². The zero-order chi connectivity index (χ0) is 22.6. The summed E-state index contributed by atoms with van der Waals surface area (Å²) in [7, 11) is 3.07. The number of methoxy groups -OCH3 is 2. The Kier molecular flexibility index (Phi) is 9.06. The number of carbonyl (C=O) groups excluding carboxylic acids is 2. The molecule has 8 nitrogen and oxygen atoms in total. The summed E-state index contributed by atoms with van der Waals surface area (Å²) in [6.45, 7) is 3.84. The van der Waals surface area contributed by atoms with Gasteiger partial charge in [0.1, 0.15) is 12.4 Å². The van der Waals surface area contributed by atoms with E-state index in [2.05, 4.69) is 22.7 Å². The van der Waals surface area contributed by atoms with E-state index in [1.165, 1.54) is 13.2 Å². The van der Waals surface area contributed by atoms with Gasteiger partial charge in [-0.2, -0.15) is 0 Å². The molecule has 0 aromatic heterocycles. The summed E-state index contributed by atoms with van der Waals surface area (Å²) in [6, 6.07) is 11.9. The van der Waals surface area contributed by atoms with Gasteiger partial charge in [-0.15, -0.1) is 0 Å². The fraction of sp³-hybridized carbons (Fsp3) is 0.136. The van der Waals surface area contributed by atoms with Crippen LogP contribution in [0.5, 0.6) is 17.2 Å². The molecule has 0 spiro atoms. The van der Waals surface area contributed by atoms with Gasteiger partial charge in [0.25, 0.3) is 5.91 Å².